The number of alkyl halides is 3. The standard InChI is InChI=1S/C19H24F3N5O2/c1-12-8-25-17(10-24-12)27-18(28)26-15-7-14(19(20,21)22)4-5-16(15)29-11-13-3-2-6-23-9-13/h7-8,10,13,23H,2-6,9,11H2,1H3,(H2,25,26,27,28)/t13-/m0/s1. The van der Waals surface area contributed by atoms with Gasteiger partial charge in [-0.15, -0.1) is 0 Å². The number of carbonyl (C=O) groups is 1. The molecule has 2 amide bonds. The molecule has 0 unspecified atom stereocenters. The number of rotatable bonds is 5. The van der Waals surface area contributed by atoms with Crippen molar-refractivity contribution in [2.24, 2.45) is 5.92 Å². The Bertz CT molecular complexity index is 784. The van der Waals surface area contributed by atoms with Crippen molar-refractivity contribution in [2.45, 2.75) is 38.8 Å². The highest BCUT2D eigenvalue weighted by molar-refractivity contribution is 5.89. The molecule has 0 radical (unpaired) electrons. The van der Waals surface area contributed by atoms with Crippen LogP contribution in [0.25, 0.3) is 0 Å². The molecule has 1 aliphatic carbocycles. The van der Waals surface area contributed by atoms with Crippen molar-refractivity contribution < 1.29 is 22.7 Å². The number of amides is 2. The van der Waals surface area contributed by atoms with E-state index in [4.69, 9.17) is 4.74 Å². The van der Waals surface area contributed by atoms with Crippen molar-refractivity contribution in [3.63, 3.8) is 0 Å². The molecule has 3 N–H and O–H groups in total. The second-order valence-electron chi connectivity index (χ2n) is 7.15. The number of aromatic nitrogens is 2. The largest absolute Gasteiger partial charge is 0.495 e. The number of halogens is 3. The summed E-state index contributed by atoms with van der Waals surface area (Å²) in [6, 6.07) is -0.710. The van der Waals surface area contributed by atoms with Crippen molar-refractivity contribution in [2.75, 3.05) is 25.0 Å². The lowest BCUT2D eigenvalue weighted by Crippen LogP contribution is -2.33. The van der Waals surface area contributed by atoms with Crippen LogP contribution in [-0.2, 0) is 4.74 Å². The Morgan fingerprint density at radius 3 is 2.76 bits per heavy atom. The lowest BCUT2D eigenvalue weighted by atomic mass is 9.99. The van der Waals surface area contributed by atoms with Gasteiger partial charge in [-0.1, -0.05) is 0 Å². The number of allylic oxidation sites excluding steroid dienone is 3. The number of nitrogens with zero attached hydrogens (tertiary/aromatic N) is 2. The average Bonchev–Trinajstić information content (AvgIpc) is 2.69. The van der Waals surface area contributed by atoms with Gasteiger partial charge >= 0.3 is 12.2 Å². The predicted molar refractivity (Wildman–Crippen MR) is 101 cm³/mol. The number of carbonyl (C=O) groups excluding carboxylic acids is 1. The fourth-order valence-electron chi connectivity index (χ4n) is 3.20. The minimum absolute atomic E-state index is 0.0184. The van der Waals surface area contributed by atoms with E-state index in [1.807, 2.05) is 0 Å². The Hall–Kier alpha value is -2.62. The third-order valence-electron chi connectivity index (χ3n) is 4.77. The fourth-order valence-corrected chi connectivity index (χ4v) is 3.20. The summed E-state index contributed by atoms with van der Waals surface area (Å²) in [6.45, 7) is 3.92. The lowest BCUT2D eigenvalue weighted by molar-refractivity contribution is -0.0946. The van der Waals surface area contributed by atoms with Gasteiger partial charge in [0.1, 0.15) is 5.76 Å². The molecule has 0 aromatic carbocycles. The summed E-state index contributed by atoms with van der Waals surface area (Å²) in [5, 5.41) is 8.20. The van der Waals surface area contributed by atoms with Crippen molar-refractivity contribution >= 4 is 11.8 Å². The number of aryl methyl sites for hydroxylation is 1. The van der Waals surface area contributed by atoms with E-state index in [2.05, 4.69) is 25.9 Å². The van der Waals surface area contributed by atoms with E-state index in [0.29, 0.717) is 24.0 Å². The lowest BCUT2D eigenvalue weighted by Gasteiger charge is -2.26. The first kappa shape index (κ1) is 21.1. The molecular formula is C19H24F3N5O2. The van der Waals surface area contributed by atoms with Crippen LogP contribution >= 0.6 is 0 Å². The maximum atomic E-state index is 13.2. The smallest absolute Gasteiger partial charge is 0.412 e. The Morgan fingerprint density at radius 1 is 1.28 bits per heavy atom. The molecule has 1 saturated heterocycles. The van der Waals surface area contributed by atoms with Gasteiger partial charge in [0.15, 0.2) is 5.82 Å². The minimum atomic E-state index is -4.45. The van der Waals surface area contributed by atoms with Gasteiger partial charge in [0.2, 0.25) is 0 Å². The molecule has 158 valence electrons. The quantitative estimate of drug-likeness (QED) is 0.691. The molecule has 0 saturated carbocycles. The number of piperidine rings is 1. The second kappa shape index (κ2) is 9.25. The monoisotopic (exact) mass is 411 g/mol. The normalized spacial score (nSPS) is 20.1. The maximum Gasteiger partial charge on any atom is 0.412 e. The van der Waals surface area contributed by atoms with Crippen molar-refractivity contribution in [3.05, 3.63) is 41.2 Å². The summed E-state index contributed by atoms with van der Waals surface area (Å²) in [6.07, 6.45) is 1.26. The first-order chi connectivity index (χ1) is 13.8. The summed E-state index contributed by atoms with van der Waals surface area (Å²) < 4.78 is 45.3. The van der Waals surface area contributed by atoms with Crippen LogP contribution in [0.2, 0.25) is 0 Å². The van der Waals surface area contributed by atoms with E-state index in [-0.39, 0.29) is 24.4 Å². The van der Waals surface area contributed by atoms with E-state index in [0.717, 1.165) is 32.0 Å². The molecule has 0 bridgehead atoms. The minimum Gasteiger partial charge on any atom is -0.495 e. The molecule has 2 aliphatic rings. The van der Waals surface area contributed by atoms with Gasteiger partial charge in [-0.05, 0) is 38.8 Å². The van der Waals surface area contributed by atoms with E-state index >= 15 is 0 Å². The molecule has 1 aliphatic heterocycles. The first-order valence-electron chi connectivity index (χ1n) is 9.52. The van der Waals surface area contributed by atoms with Crippen LogP contribution in [-0.4, -0.2) is 41.9 Å². The Kier molecular flexibility index (Phi) is 6.73. The summed E-state index contributed by atoms with van der Waals surface area (Å²) >= 11 is 0. The van der Waals surface area contributed by atoms with E-state index in [1.165, 1.54) is 12.4 Å². The van der Waals surface area contributed by atoms with Gasteiger partial charge in [0, 0.05) is 24.5 Å². The third kappa shape index (κ3) is 6.18. The molecule has 0 spiro atoms. The average molecular weight is 411 g/mol. The van der Waals surface area contributed by atoms with E-state index in [1.54, 1.807) is 6.92 Å². The van der Waals surface area contributed by atoms with Crippen molar-refractivity contribution in [1.82, 2.24) is 20.6 Å². The van der Waals surface area contributed by atoms with Gasteiger partial charge in [0.25, 0.3) is 0 Å². The molecule has 1 aromatic heterocycles. The van der Waals surface area contributed by atoms with Gasteiger partial charge in [-0.3, -0.25) is 10.3 Å². The summed E-state index contributed by atoms with van der Waals surface area (Å²) in [5.41, 5.74) is -0.00360. The highest BCUT2D eigenvalue weighted by Crippen LogP contribution is 2.35. The molecule has 1 aromatic rings. The Balaban J connectivity index is 1.71. The Labute approximate surface area is 166 Å². The topological polar surface area (TPSA) is 88.2 Å². The number of nitrogens with one attached hydrogen (secondary N) is 3. The number of ether oxygens (including phenoxy) is 1. The fraction of sp³-hybridized carbons (Fsp3) is 0.526. The number of hydrogen-bond donors (Lipinski definition) is 3. The molecule has 2 heterocycles. The summed E-state index contributed by atoms with van der Waals surface area (Å²) in [7, 11) is 0. The zero-order valence-corrected chi connectivity index (χ0v) is 16.1. The van der Waals surface area contributed by atoms with Crippen LogP contribution in [0.4, 0.5) is 23.8 Å². The molecule has 3 rings (SSSR count). The van der Waals surface area contributed by atoms with Gasteiger partial charge in [-0.25, -0.2) is 9.78 Å². The van der Waals surface area contributed by atoms with Gasteiger partial charge in [0.05, 0.1) is 30.4 Å². The molecule has 29 heavy (non-hydrogen) atoms. The third-order valence-corrected chi connectivity index (χ3v) is 4.77. The summed E-state index contributed by atoms with van der Waals surface area (Å²) in [5.74, 6) is 0.844. The highest BCUT2D eigenvalue weighted by Gasteiger charge is 2.36. The maximum absolute atomic E-state index is 13.2. The zero-order chi connectivity index (χ0) is 20.9. The molecule has 7 nitrogen and oxygen atoms in total. The van der Waals surface area contributed by atoms with Crippen LogP contribution < -0.4 is 16.0 Å². The van der Waals surface area contributed by atoms with Crippen LogP contribution in [0.1, 0.15) is 31.4 Å². The summed E-state index contributed by atoms with van der Waals surface area (Å²) in [4.78, 5) is 20.3. The highest BCUT2D eigenvalue weighted by atomic mass is 19.4. The van der Waals surface area contributed by atoms with Crippen molar-refractivity contribution in [1.29, 1.82) is 0 Å². The van der Waals surface area contributed by atoms with Crippen LogP contribution in [0.5, 0.6) is 0 Å². The van der Waals surface area contributed by atoms with Gasteiger partial charge < -0.3 is 15.4 Å². The number of hydrogen-bond acceptors (Lipinski definition) is 5. The molecule has 10 heteroatoms. The van der Waals surface area contributed by atoms with Crippen LogP contribution in [0.15, 0.2) is 35.5 Å². The first-order valence-corrected chi connectivity index (χ1v) is 9.52. The molecule has 1 atom stereocenters. The second-order valence-corrected chi connectivity index (χ2v) is 7.15. The predicted octanol–water partition coefficient (Wildman–Crippen LogP) is 3.42. The Morgan fingerprint density at radius 2 is 2.10 bits per heavy atom. The number of urea groups is 1. The molecular weight excluding hydrogens is 387 g/mol. The van der Waals surface area contributed by atoms with Gasteiger partial charge in [-0.2, -0.15) is 13.2 Å². The SMILES string of the molecule is Cc1cnc(NC(=O)NC2=C(OC[C@H]3CCCNC3)CCC(C(F)(F)F)=C2)cn1. The number of anilines is 1. The van der Waals surface area contributed by atoms with E-state index < -0.39 is 17.8 Å². The zero-order valence-electron chi connectivity index (χ0n) is 16.1. The van der Waals surface area contributed by atoms with Crippen LogP contribution in [0.3, 0.4) is 0 Å². The van der Waals surface area contributed by atoms with Crippen LogP contribution in [0, 0.1) is 12.8 Å². The van der Waals surface area contributed by atoms with E-state index in [9.17, 15) is 18.0 Å². The van der Waals surface area contributed by atoms with Crippen molar-refractivity contribution in [3.8, 4) is 0 Å². The molecule has 1 fully saturated rings.